The SMILES string of the molecule is CC1COC(=O)C1CCC(=O)O. The van der Waals surface area contributed by atoms with Gasteiger partial charge in [-0.05, 0) is 6.42 Å². The Morgan fingerprint density at radius 3 is 2.83 bits per heavy atom. The van der Waals surface area contributed by atoms with Gasteiger partial charge in [0.15, 0.2) is 0 Å². The Morgan fingerprint density at radius 1 is 1.75 bits per heavy atom. The molecule has 2 atom stereocenters. The summed E-state index contributed by atoms with van der Waals surface area (Å²) in [6.45, 7) is 2.33. The van der Waals surface area contributed by atoms with Crippen LogP contribution >= 0.6 is 0 Å². The van der Waals surface area contributed by atoms with E-state index in [4.69, 9.17) is 9.84 Å². The summed E-state index contributed by atoms with van der Waals surface area (Å²) in [4.78, 5) is 21.2. The molecule has 68 valence electrons. The molecule has 0 amide bonds. The van der Waals surface area contributed by atoms with E-state index in [1.165, 1.54) is 0 Å². The average molecular weight is 172 g/mol. The molecule has 0 aliphatic carbocycles. The molecule has 1 aliphatic heterocycles. The number of carbonyl (C=O) groups is 2. The van der Waals surface area contributed by atoms with E-state index in [0.717, 1.165) is 0 Å². The van der Waals surface area contributed by atoms with Crippen molar-refractivity contribution in [2.75, 3.05) is 6.61 Å². The predicted octanol–water partition coefficient (Wildman–Crippen LogP) is 0.660. The van der Waals surface area contributed by atoms with Crippen molar-refractivity contribution in [1.29, 1.82) is 0 Å². The predicted molar refractivity (Wildman–Crippen MR) is 40.5 cm³/mol. The molecule has 0 saturated carbocycles. The number of hydrogen-bond donors (Lipinski definition) is 1. The van der Waals surface area contributed by atoms with Gasteiger partial charge in [0.2, 0.25) is 0 Å². The molecule has 1 fully saturated rings. The van der Waals surface area contributed by atoms with E-state index < -0.39 is 5.97 Å². The molecule has 1 aliphatic rings. The molecule has 0 bridgehead atoms. The first-order valence-corrected chi connectivity index (χ1v) is 3.99. The molecule has 0 aromatic heterocycles. The highest BCUT2D eigenvalue weighted by molar-refractivity contribution is 5.75. The Labute approximate surface area is 70.5 Å². The summed E-state index contributed by atoms with van der Waals surface area (Å²) in [5.74, 6) is -1.15. The third-order valence-electron chi connectivity index (χ3n) is 2.15. The molecule has 1 heterocycles. The smallest absolute Gasteiger partial charge is 0.309 e. The van der Waals surface area contributed by atoms with Gasteiger partial charge in [0.1, 0.15) is 0 Å². The maximum atomic E-state index is 11.0. The molecule has 0 aromatic rings. The van der Waals surface area contributed by atoms with Gasteiger partial charge in [-0.25, -0.2) is 0 Å². The number of cyclic esters (lactones) is 1. The van der Waals surface area contributed by atoms with E-state index in [9.17, 15) is 9.59 Å². The molecular formula is C8H12O4. The van der Waals surface area contributed by atoms with Crippen LogP contribution in [0, 0.1) is 11.8 Å². The van der Waals surface area contributed by atoms with Crippen LogP contribution in [0.3, 0.4) is 0 Å². The van der Waals surface area contributed by atoms with E-state index in [0.29, 0.717) is 13.0 Å². The van der Waals surface area contributed by atoms with Crippen LogP contribution in [-0.2, 0) is 14.3 Å². The first kappa shape index (κ1) is 9.03. The molecule has 2 unspecified atom stereocenters. The molecule has 0 aromatic carbocycles. The van der Waals surface area contributed by atoms with Crippen LogP contribution in [0.4, 0.5) is 0 Å². The van der Waals surface area contributed by atoms with Crippen LogP contribution in [0.2, 0.25) is 0 Å². The molecule has 0 spiro atoms. The van der Waals surface area contributed by atoms with Crippen molar-refractivity contribution in [2.24, 2.45) is 11.8 Å². The fourth-order valence-corrected chi connectivity index (χ4v) is 1.35. The first-order valence-electron chi connectivity index (χ1n) is 3.99. The van der Waals surface area contributed by atoms with Gasteiger partial charge < -0.3 is 9.84 Å². The van der Waals surface area contributed by atoms with E-state index in [1.54, 1.807) is 0 Å². The lowest BCUT2D eigenvalue weighted by molar-refractivity contribution is -0.142. The Hall–Kier alpha value is -1.06. The number of hydrogen-bond acceptors (Lipinski definition) is 3. The number of carboxylic acids is 1. The number of aliphatic carboxylic acids is 1. The lowest BCUT2D eigenvalue weighted by Gasteiger charge is -2.07. The van der Waals surface area contributed by atoms with Gasteiger partial charge in [0.25, 0.3) is 0 Å². The van der Waals surface area contributed by atoms with Gasteiger partial charge >= 0.3 is 11.9 Å². The largest absolute Gasteiger partial charge is 0.481 e. The number of carboxylic acid groups (broad SMARTS) is 1. The van der Waals surface area contributed by atoms with Crippen LogP contribution in [0.25, 0.3) is 0 Å². The van der Waals surface area contributed by atoms with Gasteiger partial charge in [-0.2, -0.15) is 0 Å². The van der Waals surface area contributed by atoms with Crippen LogP contribution in [0.5, 0.6) is 0 Å². The van der Waals surface area contributed by atoms with E-state index >= 15 is 0 Å². The fourth-order valence-electron chi connectivity index (χ4n) is 1.35. The average Bonchev–Trinajstić information content (AvgIpc) is 2.28. The molecule has 12 heavy (non-hydrogen) atoms. The molecule has 0 radical (unpaired) electrons. The van der Waals surface area contributed by atoms with Gasteiger partial charge in [-0.15, -0.1) is 0 Å². The highest BCUT2D eigenvalue weighted by atomic mass is 16.5. The van der Waals surface area contributed by atoms with Gasteiger partial charge in [0.05, 0.1) is 12.5 Å². The summed E-state index contributed by atoms with van der Waals surface area (Å²) < 4.78 is 4.78. The van der Waals surface area contributed by atoms with Crippen molar-refractivity contribution in [1.82, 2.24) is 0 Å². The van der Waals surface area contributed by atoms with Crippen molar-refractivity contribution in [2.45, 2.75) is 19.8 Å². The van der Waals surface area contributed by atoms with Gasteiger partial charge in [-0.1, -0.05) is 6.92 Å². The van der Waals surface area contributed by atoms with Gasteiger partial charge in [-0.3, -0.25) is 9.59 Å². The van der Waals surface area contributed by atoms with E-state index in [-0.39, 0.29) is 24.2 Å². The number of rotatable bonds is 3. The van der Waals surface area contributed by atoms with E-state index in [1.807, 2.05) is 6.92 Å². The third kappa shape index (κ3) is 1.96. The third-order valence-corrected chi connectivity index (χ3v) is 2.15. The molecular weight excluding hydrogens is 160 g/mol. The number of ether oxygens (including phenoxy) is 1. The quantitative estimate of drug-likeness (QED) is 0.635. The zero-order valence-corrected chi connectivity index (χ0v) is 6.95. The molecule has 1 saturated heterocycles. The maximum absolute atomic E-state index is 11.0. The fraction of sp³-hybridized carbons (Fsp3) is 0.750. The summed E-state index contributed by atoms with van der Waals surface area (Å²) in [5.41, 5.74) is 0. The molecule has 1 rings (SSSR count). The maximum Gasteiger partial charge on any atom is 0.309 e. The standard InChI is InChI=1S/C8H12O4/c1-5-4-12-8(11)6(5)2-3-7(9)10/h5-6H,2-4H2,1H3,(H,9,10). The van der Waals surface area contributed by atoms with Gasteiger partial charge in [0, 0.05) is 12.3 Å². The second-order valence-corrected chi connectivity index (χ2v) is 3.15. The summed E-state index contributed by atoms with van der Waals surface area (Å²) in [5, 5.41) is 8.39. The first-order chi connectivity index (χ1) is 5.61. The highest BCUT2D eigenvalue weighted by Gasteiger charge is 2.33. The Kier molecular flexibility index (Phi) is 2.68. The second kappa shape index (κ2) is 3.56. The number of esters is 1. The number of carbonyl (C=O) groups excluding carboxylic acids is 1. The summed E-state index contributed by atoms with van der Waals surface area (Å²) in [6, 6.07) is 0. The van der Waals surface area contributed by atoms with Crippen molar-refractivity contribution in [3.05, 3.63) is 0 Å². The van der Waals surface area contributed by atoms with Crippen LogP contribution < -0.4 is 0 Å². The topological polar surface area (TPSA) is 63.6 Å². The lowest BCUT2D eigenvalue weighted by Crippen LogP contribution is -2.15. The highest BCUT2D eigenvalue weighted by Crippen LogP contribution is 2.25. The second-order valence-electron chi connectivity index (χ2n) is 3.15. The monoisotopic (exact) mass is 172 g/mol. The lowest BCUT2D eigenvalue weighted by atomic mass is 9.93. The van der Waals surface area contributed by atoms with Crippen molar-refractivity contribution < 1.29 is 19.4 Å². The molecule has 1 N–H and O–H groups in total. The Morgan fingerprint density at radius 2 is 2.42 bits per heavy atom. The Bertz CT molecular complexity index is 199. The Balaban J connectivity index is 2.39. The van der Waals surface area contributed by atoms with Crippen molar-refractivity contribution >= 4 is 11.9 Å². The molecule has 4 nitrogen and oxygen atoms in total. The minimum atomic E-state index is -0.859. The summed E-state index contributed by atoms with van der Waals surface area (Å²) in [7, 11) is 0. The van der Waals surface area contributed by atoms with E-state index in [2.05, 4.69) is 0 Å². The summed E-state index contributed by atoms with van der Waals surface area (Å²) >= 11 is 0. The van der Waals surface area contributed by atoms with Crippen LogP contribution in [0.1, 0.15) is 19.8 Å². The van der Waals surface area contributed by atoms with Crippen LogP contribution in [-0.4, -0.2) is 23.7 Å². The summed E-state index contributed by atoms with van der Waals surface area (Å²) in [6.07, 6.45) is 0.444. The minimum absolute atomic E-state index is 0.0457. The zero-order chi connectivity index (χ0) is 9.14. The normalized spacial score (nSPS) is 28.6. The minimum Gasteiger partial charge on any atom is -0.481 e. The van der Waals surface area contributed by atoms with Crippen LogP contribution in [0.15, 0.2) is 0 Å². The van der Waals surface area contributed by atoms with Crippen molar-refractivity contribution in [3.8, 4) is 0 Å². The zero-order valence-electron chi connectivity index (χ0n) is 6.95. The van der Waals surface area contributed by atoms with Crippen molar-refractivity contribution in [3.63, 3.8) is 0 Å². The molecule has 4 heteroatoms.